The maximum atomic E-state index is 11.8. The maximum Gasteiger partial charge on any atom is 0.332 e. The van der Waals surface area contributed by atoms with E-state index in [1.54, 1.807) is 18.2 Å². The number of hydrogen-bond acceptors (Lipinski definition) is 1. The van der Waals surface area contributed by atoms with E-state index >= 15 is 0 Å². The molecule has 0 aliphatic rings. The molecule has 0 saturated carbocycles. The van der Waals surface area contributed by atoms with Crippen LogP contribution in [0.3, 0.4) is 0 Å². The van der Waals surface area contributed by atoms with Gasteiger partial charge in [0.15, 0.2) is 0 Å². The Hall–Kier alpha value is -1.32. The van der Waals surface area contributed by atoms with Gasteiger partial charge >= 0.3 is 6.04 Å². The van der Waals surface area contributed by atoms with Gasteiger partial charge in [0, 0.05) is 0 Å². The van der Waals surface area contributed by atoms with Crippen LogP contribution in [0.1, 0.15) is 10.4 Å². The highest BCUT2D eigenvalue weighted by Crippen LogP contribution is 1.98. The molecule has 0 aliphatic carbocycles. The van der Waals surface area contributed by atoms with Crippen molar-refractivity contribution >= 4 is 6.04 Å². The van der Waals surface area contributed by atoms with Crippen LogP contribution >= 0.6 is 0 Å². The summed E-state index contributed by atoms with van der Waals surface area (Å²) in [6.45, 7) is 0. The second-order valence-electron chi connectivity index (χ2n) is 1.64. The summed E-state index contributed by atoms with van der Waals surface area (Å²) < 4.78 is 11.8. The normalized spacial score (nSPS) is 7.36. The van der Waals surface area contributed by atoms with Crippen molar-refractivity contribution in [1.82, 2.24) is 0 Å². The fourth-order valence-electron chi connectivity index (χ4n) is 0.569. The molecule has 0 radical (unpaired) electrons. The van der Waals surface area contributed by atoms with E-state index in [4.69, 9.17) is 0 Å². The fraction of sp³-hybridized carbons (Fsp3) is 0. The third-order valence-electron chi connectivity index (χ3n) is 1.00. The molecule has 0 N–H and O–H groups in total. The Labute approximate surface area is 61.6 Å². The summed E-state index contributed by atoms with van der Waals surface area (Å²) in [5, 5.41) is 0. The minimum absolute atomic E-state index is 0. The van der Waals surface area contributed by atoms with Gasteiger partial charge in [0.2, 0.25) is 0 Å². The first kappa shape index (κ1) is 12.4. The molecular formula is C7H7F3O. The van der Waals surface area contributed by atoms with Crippen molar-refractivity contribution in [3.05, 3.63) is 35.9 Å². The molecular weight excluding hydrogens is 157 g/mol. The molecule has 0 spiro atoms. The van der Waals surface area contributed by atoms with E-state index in [0.717, 1.165) is 0 Å². The first-order valence-electron chi connectivity index (χ1n) is 2.55. The van der Waals surface area contributed by atoms with Crippen LogP contribution in [0.5, 0.6) is 0 Å². The Kier molecular flexibility index (Phi) is 6.14. The number of carbonyl (C=O) groups excluding carboxylic acids is 1. The van der Waals surface area contributed by atoms with Crippen LogP contribution in [-0.2, 0) is 0 Å². The highest BCUT2D eigenvalue weighted by atomic mass is 19.1. The van der Waals surface area contributed by atoms with Gasteiger partial charge in [-0.2, -0.15) is 4.39 Å². The summed E-state index contributed by atoms with van der Waals surface area (Å²) in [6, 6.07) is 6.45. The minimum Gasteiger partial charge on any atom is -0.269 e. The van der Waals surface area contributed by atoms with Crippen molar-refractivity contribution in [2.24, 2.45) is 0 Å². The molecule has 1 aromatic carbocycles. The van der Waals surface area contributed by atoms with Gasteiger partial charge in [0.25, 0.3) is 0 Å². The molecule has 0 fully saturated rings. The van der Waals surface area contributed by atoms with Gasteiger partial charge in [-0.05, 0) is 12.1 Å². The van der Waals surface area contributed by atoms with Crippen molar-refractivity contribution in [2.75, 3.05) is 0 Å². The average molecular weight is 164 g/mol. The minimum atomic E-state index is -1.38. The lowest BCUT2D eigenvalue weighted by atomic mass is 10.2. The molecule has 0 aliphatic heterocycles. The maximum absolute atomic E-state index is 11.8. The van der Waals surface area contributed by atoms with Gasteiger partial charge in [-0.25, -0.2) is 0 Å². The van der Waals surface area contributed by atoms with Gasteiger partial charge in [0.05, 0.1) is 5.56 Å². The largest absolute Gasteiger partial charge is 0.332 e. The Morgan fingerprint density at radius 2 is 1.55 bits per heavy atom. The molecule has 0 saturated heterocycles. The molecule has 1 aromatic rings. The molecule has 0 atom stereocenters. The quantitative estimate of drug-likeness (QED) is 0.581. The van der Waals surface area contributed by atoms with Crippen LogP contribution in [0, 0.1) is 0 Å². The summed E-state index contributed by atoms with van der Waals surface area (Å²) in [7, 11) is 0. The molecule has 62 valence electrons. The van der Waals surface area contributed by atoms with E-state index < -0.39 is 6.04 Å². The zero-order valence-electron chi connectivity index (χ0n) is 5.49. The zero-order valence-corrected chi connectivity index (χ0v) is 5.49. The fourth-order valence-corrected chi connectivity index (χ4v) is 0.569. The van der Waals surface area contributed by atoms with Crippen LogP contribution in [0.2, 0.25) is 0 Å². The average Bonchev–Trinajstić information content (AvgIpc) is 1.90. The molecule has 1 nitrogen and oxygen atoms in total. The van der Waals surface area contributed by atoms with Crippen molar-refractivity contribution < 1.29 is 18.6 Å². The van der Waals surface area contributed by atoms with E-state index in [1.807, 2.05) is 0 Å². The van der Waals surface area contributed by atoms with Crippen molar-refractivity contribution in [2.45, 2.75) is 0 Å². The highest BCUT2D eigenvalue weighted by Gasteiger charge is 1.98. The zero-order chi connectivity index (χ0) is 6.69. The topological polar surface area (TPSA) is 17.1 Å². The van der Waals surface area contributed by atoms with Crippen molar-refractivity contribution in [1.29, 1.82) is 0 Å². The molecule has 0 unspecified atom stereocenters. The summed E-state index contributed by atoms with van der Waals surface area (Å²) >= 11 is 0. The van der Waals surface area contributed by atoms with E-state index in [0.29, 0.717) is 0 Å². The van der Waals surface area contributed by atoms with Gasteiger partial charge < -0.3 is 0 Å². The lowest BCUT2D eigenvalue weighted by Gasteiger charge is -1.86. The Morgan fingerprint density at radius 1 is 1.09 bits per heavy atom. The van der Waals surface area contributed by atoms with E-state index in [2.05, 4.69) is 0 Å². The predicted molar refractivity (Wildman–Crippen MR) is 36.9 cm³/mol. The van der Waals surface area contributed by atoms with Crippen molar-refractivity contribution in [3.63, 3.8) is 0 Å². The summed E-state index contributed by atoms with van der Waals surface area (Å²) in [4.78, 5) is 9.98. The number of halogens is 3. The molecule has 0 bridgehead atoms. The van der Waals surface area contributed by atoms with Gasteiger partial charge in [0.1, 0.15) is 0 Å². The third kappa shape index (κ3) is 3.40. The Balaban J connectivity index is 0. The monoisotopic (exact) mass is 164 g/mol. The first-order chi connectivity index (χ1) is 4.30. The van der Waals surface area contributed by atoms with Crippen LogP contribution < -0.4 is 0 Å². The number of hydrogen-bond donors (Lipinski definition) is 0. The summed E-state index contributed by atoms with van der Waals surface area (Å²) in [6.07, 6.45) is 0. The third-order valence-corrected chi connectivity index (χ3v) is 1.00. The molecule has 0 heterocycles. The number of carbonyl (C=O) groups is 1. The molecule has 0 amide bonds. The predicted octanol–water partition coefficient (Wildman–Crippen LogP) is 2.10. The number of benzene rings is 1. The van der Waals surface area contributed by atoms with Crippen molar-refractivity contribution in [3.8, 4) is 0 Å². The summed E-state index contributed by atoms with van der Waals surface area (Å²) in [5.74, 6) is 0. The van der Waals surface area contributed by atoms with E-state index in [-0.39, 0.29) is 15.0 Å². The standard InChI is InChI=1S/C7H5FO.2FH/c8-7(9)6-4-2-1-3-5-6;;/h1-5H;2*1H. The Morgan fingerprint density at radius 3 is 1.82 bits per heavy atom. The van der Waals surface area contributed by atoms with Crippen LogP contribution in [0.4, 0.5) is 13.8 Å². The lowest BCUT2D eigenvalue weighted by molar-refractivity contribution is 0.0836. The summed E-state index contributed by atoms with van der Waals surface area (Å²) in [5.41, 5.74) is 0.109. The van der Waals surface area contributed by atoms with Crippen LogP contribution in [0.15, 0.2) is 30.3 Å². The van der Waals surface area contributed by atoms with Gasteiger partial charge in [-0.3, -0.25) is 14.2 Å². The van der Waals surface area contributed by atoms with Crippen LogP contribution in [-0.4, -0.2) is 6.04 Å². The first-order valence-corrected chi connectivity index (χ1v) is 2.55. The van der Waals surface area contributed by atoms with E-state index in [9.17, 15) is 9.18 Å². The molecule has 4 heteroatoms. The second kappa shape index (κ2) is 5.46. The van der Waals surface area contributed by atoms with Gasteiger partial charge in [-0.1, -0.05) is 18.2 Å². The Bertz CT molecular complexity index is 210. The smallest absolute Gasteiger partial charge is 0.269 e. The second-order valence-corrected chi connectivity index (χ2v) is 1.64. The SMILES string of the molecule is F.F.O=C(F)c1ccccc1. The van der Waals surface area contributed by atoms with Crippen LogP contribution in [0.25, 0.3) is 0 Å². The molecule has 11 heavy (non-hydrogen) atoms. The lowest BCUT2D eigenvalue weighted by Crippen LogP contribution is -1.86. The van der Waals surface area contributed by atoms with Gasteiger partial charge in [-0.15, -0.1) is 0 Å². The molecule has 0 aromatic heterocycles. The molecule has 1 rings (SSSR count). The highest BCUT2D eigenvalue weighted by molar-refractivity contribution is 5.88. The van der Waals surface area contributed by atoms with E-state index in [1.165, 1.54) is 12.1 Å². The number of rotatable bonds is 1.